The summed E-state index contributed by atoms with van der Waals surface area (Å²) in [6, 6.07) is 68.1. The van der Waals surface area contributed by atoms with Gasteiger partial charge in [0, 0.05) is 48.0 Å². The van der Waals surface area contributed by atoms with E-state index in [0.717, 1.165) is 33.6 Å². The van der Waals surface area contributed by atoms with E-state index in [2.05, 4.69) is 181 Å². The fraction of sp³-hybridized carbons (Fsp3) is 0. The minimum absolute atomic E-state index is 0.920. The Morgan fingerprint density at radius 1 is 0.358 bits per heavy atom. The Morgan fingerprint density at radius 3 is 1.83 bits per heavy atom. The number of fused-ring (bicyclic) bond motifs is 9. The summed E-state index contributed by atoms with van der Waals surface area (Å²) in [4.78, 5) is 2.38. The Bertz CT molecular complexity index is 3160. The second kappa shape index (κ2) is 11.9. The normalized spacial score (nSPS) is 11.8. The van der Waals surface area contributed by atoms with Crippen LogP contribution >= 0.6 is 11.3 Å². The lowest BCUT2D eigenvalue weighted by Gasteiger charge is -2.26. The molecular formula is C50H31NOS. The van der Waals surface area contributed by atoms with Gasteiger partial charge in [0.25, 0.3) is 0 Å². The smallest absolute Gasteiger partial charge is 0.136 e. The molecule has 0 bridgehead atoms. The van der Waals surface area contributed by atoms with E-state index >= 15 is 0 Å². The van der Waals surface area contributed by atoms with Crippen molar-refractivity contribution in [3.8, 4) is 22.3 Å². The van der Waals surface area contributed by atoms with Crippen molar-refractivity contribution in [3.63, 3.8) is 0 Å². The van der Waals surface area contributed by atoms with Crippen LogP contribution in [0.25, 0.3) is 85.9 Å². The van der Waals surface area contributed by atoms with Crippen LogP contribution in [0.15, 0.2) is 192 Å². The summed E-state index contributed by atoms with van der Waals surface area (Å²) >= 11 is 1.85. The number of hydrogen-bond donors (Lipinski definition) is 0. The molecule has 0 unspecified atom stereocenters. The van der Waals surface area contributed by atoms with E-state index < -0.39 is 0 Å². The molecule has 0 atom stereocenters. The summed E-state index contributed by atoms with van der Waals surface area (Å²) in [5.74, 6) is 0. The van der Waals surface area contributed by atoms with E-state index in [1.54, 1.807) is 0 Å². The molecule has 0 aliphatic rings. The molecule has 3 heteroatoms. The number of nitrogens with zero attached hydrogens (tertiary/aromatic N) is 1. The number of anilines is 3. The van der Waals surface area contributed by atoms with Gasteiger partial charge in [0.05, 0.1) is 0 Å². The maximum Gasteiger partial charge on any atom is 0.136 e. The molecule has 0 saturated heterocycles. The molecule has 0 radical (unpaired) electrons. The van der Waals surface area contributed by atoms with Gasteiger partial charge in [-0.15, -0.1) is 11.3 Å². The summed E-state index contributed by atoms with van der Waals surface area (Å²) < 4.78 is 8.83. The molecular weight excluding hydrogens is 663 g/mol. The lowest BCUT2D eigenvalue weighted by atomic mass is 9.97. The zero-order chi connectivity index (χ0) is 34.9. The van der Waals surface area contributed by atoms with Gasteiger partial charge in [-0.05, 0) is 111 Å². The average molecular weight is 694 g/mol. The van der Waals surface area contributed by atoms with Crippen LogP contribution in [0.5, 0.6) is 0 Å². The van der Waals surface area contributed by atoms with E-state index in [4.69, 9.17) is 4.42 Å². The van der Waals surface area contributed by atoms with Gasteiger partial charge < -0.3 is 9.32 Å². The Kier molecular flexibility index (Phi) is 6.76. The molecule has 53 heavy (non-hydrogen) atoms. The Hall–Kier alpha value is -6.68. The highest BCUT2D eigenvalue weighted by Crippen LogP contribution is 2.42. The zero-order valence-electron chi connectivity index (χ0n) is 28.7. The number of furan rings is 1. The standard InChI is InChI=1S/C50H31NOS/c1-2-10-40-33(8-1)9-7-13-41(40)34-20-25-38(26-21-34)51(39-27-29-49-45(31-39)42-11-4-6-15-48(42)53-49)37-23-18-32(19-24-37)36-17-16-35-22-28-47-50(44(35)30-36)43-12-3-5-14-46(43)52-47/h1-31H. The van der Waals surface area contributed by atoms with Gasteiger partial charge in [-0.2, -0.15) is 0 Å². The predicted molar refractivity (Wildman–Crippen MR) is 227 cm³/mol. The van der Waals surface area contributed by atoms with E-state index in [0.29, 0.717) is 0 Å². The molecule has 2 nitrogen and oxygen atoms in total. The lowest BCUT2D eigenvalue weighted by molar-refractivity contribution is 0.669. The average Bonchev–Trinajstić information content (AvgIpc) is 3.80. The van der Waals surface area contributed by atoms with Crippen molar-refractivity contribution in [1.82, 2.24) is 0 Å². The van der Waals surface area contributed by atoms with Crippen LogP contribution in [0.1, 0.15) is 0 Å². The van der Waals surface area contributed by atoms with Crippen molar-refractivity contribution in [2.24, 2.45) is 0 Å². The third-order valence-electron chi connectivity index (χ3n) is 10.7. The molecule has 2 aromatic heterocycles. The summed E-state index contributed by atoms with van der Waals surface area (Å²) in [6.07, 6.45) is 0. The first kappa shape index (κ1) is 30.0. The van der Waals surface area contributed by atoms with Crippen LogP contribution in [-0.4, -0.2) is 0 Å². The number of benzene rings is 9. The fourth-order valence-electron chi connectivity index (χ4n) is 8.09. The molecule has 0 N–H and O–H groups in total. The van der Waals surface area contributed by atoms with Gasteiger partial charge in [-0.1, -0.05) is 121 Å². The third-order valence-corrected chi connectivity index (χ3v) is 11.8. The monoisotopic (exact) mass is 693 g/mol. The fourth-order valence-corrected chi connectivity index (χ4v) is 9.18. The van der Waals surface area contributed by atoms with Gasteiger partial charge in [-0.25, -0.2) is 0 Å². The minimum Gasteiger partial charge on any atom is -0.456 e. The van der Waals surface area contributed by atoms with Gasteiger partial charge in [0.1, 0.15) is 11.2 Å². The van der Waals surface area contributed by atoms with E-state index in [1.165, 1.54) is 69.4 Å². The van der Waals surface area contributed by atoms with Crippen molar-refractivity contribution in [2.45, 2.75) is 0 Å². The van der Waals surface area contributed by atoms with Crippen molar-refractivity contribution < 1.29 is 4.42 Å². The maximum atomic E-state index is 6.22. The van der Waals surface area contributed by atoms with Crippen LogP contribution in [0.3, 0.4) is 0 Å². The highest BCUT2D eigenvalue weighted by molar-refractivity contribution is 7.25. The molecule has 9 aromatic carbocycles. The highest BCUT2D eigenvalue weighted by atomic mass is 32.1. The van der Waals surface area contributed by atoms with Crippen LogP contribution < -0.4 is 4.90 Å². The summed E-state index contributed by atoms with van der Waals surface area (Å²) in [5.41, 5.74) is 9.99. The third kappa shape index (κ3) is 4.93. The second-order valence-electron chi connectivity index (χ2n) is 13.7. The highest BCUT2D eigenvalue weighted by Gasteiger charge is 2.17. The van der Waals surface area contributed by atoms with E-state index in [9.17, 15) is 0 Å². The molecule has 0 amide bonds. The topological polar surface area (TPSA) is 16.4 Å². The SMILES string of the molecule is c1ccc2c(-c3ccc(N(c4ccc(-c5ccc6ccc7oc8ccccc8c7c6c5)cc4)c4ccc5sc6ccccc6c5c4)cc3)cccc2c1. The number of rotatable bonds is 5. The first-order valence-corrected chi connectivity index (χ1v) is 18.8. The molecule has 11 rings (SSSR count). The van der Waals surface area contributed by atoms with Gasteiger partial charge in [-0.3, -0.25) is 0 Å². The molecule has 2 heterocycles. The van der Waals surface area contributed by atoms with Crippen LogP contribution in [0.2, 0.25) is 0 Å². The maximum absolute atomic E-state index is 6.22. The van der Waals surface area contributed by atoms with Crippen molar-refractivity contribution in [3.05, 3.63) is 188 Å². The Labute approximate surface area is 310 Å². The van der Waals surface area contributed by atoms with Gasteiger partial charge in [0.15, 0.2) is 0 Å². The van der Waals surface area contributed by atoms with Crippen molar-refractivity contribution in [1.29, 1.82) is 0 Å². The summed E-state index contributed by atoms with van der Waals surface area (Å²) in [6.45, 7) is 0. The Morgan fingerprint density at radius 2 is 0.981 bits per heavy atom. The molecule has 0 spiro atoms. The number of hydrogen-bond acceptors (Lipinski definition) is 3. The van der Waals surface area contributed by atoms with E-state index in [1.807, 2.05) is 23.5 Å². The lowest BCUT2D eigenvalue weighted by Crippen LogP contribution is -2.09. The molecule has 11 aromatic rings. The molecule has 0 aliphatic heterocycles. The number of para-hydroxylation sites is 1. The summed E-state index contributed by atoms with van der Waals surface area (Å²) in [7, 11) is 0. The van der Waals surface area contributed by atoms with Gasteiger partial charge in [0.2, 0.25) is 0 Å². The van der Waals surface area contributed by atoms with Crippen molar-refractivity contribution >= 4 is 92.1 Å². The molecule has 0 saturated carbocycles. The van der Waals surface area contributed by atoms with Crippen LogP contribution in [0, 0.1) is 0 Å². The first-order chi connectivity index (χ1) is 26.2. The minimum atomic E-state index is 0.920. The second-order valence-corrected chi connectivity index (χ2v) is 14.8. The predicted octanol–water partition coefficient (Wildman–Crippen LogP) is 15.1. The summed E-state index contributed by atoms with van der Waals surface area (Å²) in [5, 5.41) is 9.83. The quantitative estimate of drug-likeness (QED) is 0.178. The number of thiophene rings is 1. The van der Waals surface area contributed by atoms with Crippen LogP contribution in [0.4, 0.5) is 17.1 Å². The Balaban J connectivity index is 1.03. The molecule has 0 aliphatic carbocycles. The zero-order valence-corrected chi connectivity index (χ0v) is 29.5. The van der Waals surface area contributed by atoms with E-state index in [-0.39, 0.29) is 0 Å². The molecule has 0 fully saturated rings. The van der Waals surface area contributed by atoms with Crippen molar-refractivity contribution in [2.75, 3.05) is 4.90 Å². The first-order valence-electron chi connectivity index (χ1n) is 18.0. The van der Waals surface area contributed by atoms with Crippen LogP contribution in [-0.2, 0) is 0 Å². The van der Waals surface area contributed by atoms with Gasteiger partial charge >= 0.3 is 0 Å². The largest absolute Gasteiger partial charge is 0.456 e. The molecule has 248 valence electrons.